The molecule has 2 heteroatoms. The van der Waals surface area contributed by atoms with Gasteiger partial charge in [-0.2, -0.15) is 0 Å². The molecule has 0 bridgehead atoms. The van der Waals surface area contributed by atoms with Crippen molar-refractivity contribution in [1.29, 1.82) is 0 Å². The predicted octanol–water partition coefficient (Wildman–Crippen LogP) is 5.50. The fraction of sp³-hybridized carbons (Fsp3) is 0.0952. The first-order chi connectivity index (χ1) is 11.3. The number of hydrogen-bond donors (Lipinski definition) is 0. The third kappa shape index (κ3) is 3.25. The van der Waals surface area contributed by atoms with Crippen LogP contribution in [0, 0.1) is 6.57 Å². The summed E-state index contributed by atoms with van der Waals surface area (Å²) < 4.78 is 5.23. The molecular weight excluding hydrogens is 282 g/mol. The zero-order valence-electron chi connectivity index (χ0n) is 13.0. The van der Waals surface area contributed by atoms with Gasteiger partial charge in [-0.05, 0) is 40.8 Å². The molecule has 0 atom stereocenters. The molecule has 3 aromatic rings. The molecule has 0 aliphatic heterocycles. The van der Waals surface area contributed by atoms with E-state index in [0.29, 0.717) is 0 Å². The number of hydrogen-bond acceptors (Lipinski definition) is 1. The summed E-state index contributed by atoms with van der Waals surface area (Å²) in [7, 11) is 1.67. The average Bonchev–Trinajstić information content (AvgIpc) is 2.63. The zero-order chi connectivity index (χ0) is 16.1. The van der Waals surface area contributed by atoms with Crippen LogP contribution in [-0.2, 0) is 6.42 Å². The van der Waals surface area contributed by atoms with E-state index in [1.54, 1.807) is 7.11 Å². The lowest BCUT2D eigenvalue weighted by Gasteiger charge is -2.11. The minimum absolute atomic E-state index is 0.719. The summed E-state index contributed by atoms with van der Waals surface area (Å²) in [6.45, 7) is 7.32. The molecule has 0 saturated heterocycles. The number of para-hydroxylation sites is 1. The van der Waals surface area contributed by atoms with Gasteiger partial charge < -0.3 is 4.74 Å². The van der Waals surface area contributed by atoms with Crippen LogP contribution in [0.2, 0.25) is 0 Å². The van der Waals surface area contributed by atoms with Crippen LogP contribution < -0.4 is 4.74 Å². The zero-order valence-corrected chi connectivity index (χ0v) is 13.0. The number of rotatable bonds is 4. The van der Waals surface area contributed by atoms with Crippen LogP contribution in [0.5, 0.6) is 5.75 Å². The lowest BCUT2D eigenvalue weighted by Crippen LogP contribution is -1.92. The van der Waals surface area contributed by atoms with Crippen molar-refractivity contribution in [3.63, 3.8) is 0 Å². The molecule has 0 amide bonds. The van der Waals surface area contributed by atoms with E-state index in [4.69, 9.17) is 11.3 Å². The molecule has 0 unspecified atom stereocenters. The molecule has 0 radical (unpaired) electrons. The van der Waals surface area contributed by atoms with Crippen LogP contribution in [-0.4, -0.2) is 7.11 Å². The van der Waals surface area contributed by atoms with Gasteiger partial charge in [0, 0.05) is 0 Å². The lowest BCUT2D eigenvalue weighted by molar-refractivity contribution is 0.415. The molecule has 0 aromatic heterocycles. The molecular formula is C21H17NO. The van der Waals surface area contributed by atoms with Gasteiger partial charge in [0.25, 0.3) is 0 Å². The second-order valence-corrected chi connectivity index (χ2v) is 5.30. The van der Waals surface area contributed by atoms with Gasteiger partial charge in [-0.3, -0.25) is 0 Å². The number of nitrogens with zero attached hydrogens (tertiary/aromatic N) is 1. The van der Waals surface area contributed by atoms with Gasteiger partial charge in [-0.15, -0.1) is 0 Å². The van der Waals surface area contributed by atoms with Crippen molar-refractivity contribution < 1.29 is 4.74 Å². The molecule has 112 valence electrons. The molecule has 2 nitrogen and oxygen atoms in total. The summed E-state index contributed by atoms with van der Waals surface area (Å²) in [4.78, 5) is 3.63. The molecule has 0 saturated carbocycles. The van der Waals surface area contributed by atoms with Gasteiger partial charge >= 0.3 is 0 Å². The van der Waals surface area contributed by atoms with Crippen molar-refractivity contribution >= 4 is 5.69 Å². The summed E-state index contributed by atoms with van der Waals surface area (Å²) in [5, 5.41) is 0. The van der Waals surface area contributed by atoms with Crippen molar-refractivity contribution in [2.75, 3.05) is 7.11 Å². The molecule has 0 aliphatic rings. The normalized spacial score (nSPS) is 10.1. The summed E-state index contributed by atoms with van der Waals surface area (Å²) in [6.07, 6.45) is 0.751. The molecule has 3 aromatic carbocycles. The van der Waals surface area contributed by atoms with Gasteiger partial charge in [0.05, 0.1) is 13.7 Å². The highest BCUT2D eigenvalue weighted by Crippen LogP contribution is 2.29. The van der Waals surface area contributed by atoms with Crippen LogP contribution in [0.1, 0.15) is 11.1 Å². The summed E-state index contributed by atoms with van der Waals surface area (Å²) in [6, 6.07) is 24.2. The van der Waals surface area contributed by atoms with Gasteiger partial charge in [-0.25, -0.2) is 4.85 Å². The quantitative estimate of drug-likeness (QED) is 0.580. The van der Waals surface area contributed by atoms with Crippen molar-refractivity contribution in [1.82, 2.24) is 0 Å². The smallest absolute Gasteiger partial charge is 0.190 e. The van der Waals surface area contributed by atoms with E-state index in [-0.39, 0.29) is 0 Å². The van der Waals surface area contributed by atoms with Gasteiger partial charge in [0.2, 0.25) is 0 Å². The first kappa shape index (κ1) is 14.9. The highest BCUT2D eigenvalue weighted by molar-refractivity contribution is 5.69. The van der Waals surface area contributed by atoms with E-state index in [0.717, 1.165) is 29.0 Å². The van der Waals surface area contributed by atoms with Crippen LogP contribution in [0.25, 0.3) is 16.0 Å². The van der Waals surface area contributed by atoms with E-state index < -0.39 is 0 Å². The third-order valence-corrected chi connectivity index (χ3v) is 3.91. The van der Waals surface area contributed by atoms with Gasteiger partial charge in [0.15, 0.2) is 5.69 Å². The minimum atomic E-state index is 0.719. The SMILES string of the molecule is [C-]#[N+]c1ccccc1Cc1ccccc1-c1ccc(OC)cc1. The van der Waals surface area contributed by atoms with E-state index in [2.05, 4.69) is 29.1 Å². The van der Waals surface area contributed by atoms with Crippen molar-refractivity contribution in [2.24, 2.45) is 0 Å². The second kappa shape index (κ2) is 6.81. The Morgan fingerprint density at radius 2 is 1.48 bits per heavy atom. The van der Waals surface area contributed by atoms with Crippen molar-refractivity contribution in [3.05, 3.63) is 95.3 Å². The Bertz CT molecular complexity index is 844. The van der Waals surface area contributed by atoms with E-state index >= 15 is 0 Å². The number of methoxy groups -OCH3 is 1. The number of ether oxygens (including phenoxy) is 1. The largest absolute Gasteiger partial charge is 0.497 e. The highest BCUT2D eigenvalue weighted by Gasteiger charge is 2.08. The molecule has 0 N–H and O–H groups in total. The number of benzene rings is 3. The Kier molecular flexibility index (Phi) is 4.40. The fourth-order valence-electron chi connectivity index (χ4n) is 2.70. The maximum Gasteiger partial charge on any atom is 0.190 e. The Morgan fingerprint density at radius 3 is 2.17 bits per heavy atom. The predicted molar refractivity (Wildman–Crippen MR) is 93.9 cm³/mol. The van der Waals surface area contributed by atoms with Crippen LogP contribution in [0.4, 0.5) is 5.69 Å². The Labute approximate surface area is 136 Å². The van der Waals surface area contributed by atoms with E-state index in [1.807, 2.05) is 48.5 Å². The molecule has 23 heavy (non-hydrogen) atoms. The summed E-state index contributed by atoms with van der Waals surface area (Å²) in [5.41, 5.74) is 5.34. The second-order valence-electron chi connectivity index (χ2n) is 5.30. The average molecular weight is 299 g/mol. The molecule has 0 heterocycles. The van der Waals surface area contributed by atoms with E-state index in [1.165, 1.54) is 11.1 Å². The monoisotopic (exact) mass is 299 g/mol. The first-order valence-electron chi connectivity index (χ1n) is 7.49. The topological polar surface area (TPSA) is 13.6 Å². The van der Waals surface area contributed by atoms with Crippen molar-refractivity contribution in [3.8, 4) is 16.9 Å². The molecule has 3 rings (SSSR count). The summed E-state index contributed by atoms with van der Waals surface area (Å²) >= 11 is 0. The first-order valence-corrected chi connectivity index (χ1v) is 7.49. The van der Waals surface area contributed by atoms with Crippen LogP contribution in [0.3, 0.4) is 0 Å². The Balaban J connectivity index is 1.99. The molecule has 0 spiro atoms. The standard InChI is InChI=1S/C21H17NO/c1-22-21-10-6-4-8-18(21)15-17-7-3-5-9-20(17)16-11-13-19(23-2)14-12-16/h3-14H,15H2,2H3. The summed E-state index contributed by atoms with van der Waals surface area (Å²) in [5.74, 6) is 0.851. The maximum absolute atomic E-state index is 7.32. The lowest BCUT2D eigenvalue weighted by atomic mass is 9.94. The van der Waals surface area contributed by atoms with Gasteiger partial charge in [0.1, 0.15) is 5.75 Å². The molecule has 0 aliphatic carbocycles. The minimum Gasteiger partial charge on any atom is -0.497 e. The molecule has 0 fully saturated rings. The van der Waals surface area contributed by atoms with E-state index in [9.17, 15) is 0 Å². The third-order valence-electron chi connectivity index (χ3n) is 3.91. The fourth-order valence-corrected chi connectivity index (χ4v) is 2.70. The van der Waals surface area contributed by atoms with Crippen LogP contribution >= 0.6 is 0 Å². The Morgan fingerprint density at radius 1 is 0.826 bits per heavy atom. The van der Waals surface area contributed by atoms with Crippen molar-refractivity contribution in [2.45, 2.75) is 6.42 Å². The maximum atomic E-state index is 7.32. The highest BCUT2D eigenvalue weighted by atomic mass is 16.5. The van der Waals surface area contributed by atoms with Crippen LogP contribution in [0.15, 0.2) is 72.8 Å². The Hall–Kier alpha value is -3.05. The van der Waals surface area contributed by atoms with Gasteiger partial charge in [-0.1, -0.05) is 60.7 Å².